The molecule has 0 saturated heterocycles. The molecule has 0 aromatic heterocycles. The Kier molecular flexibility index (Phi) is 30.9. The summed E-state index contributed by atoms with van der Waals surface area (Å²) in [5.74, 6) is -1.64. The zero-order valence-electron chi connectivity index (χ0n) is 23.5. The number of rotatable bonds is 27. The number of unbranched alkanes of at least 4 members (excludes halogenated alkanes) is 8. The molecule has 2 N–H and O–H groups in total. The first-order valence-electron chi connectivity index (χ1n) is 13.5. The van der Waals surface area contributed by atoms with Gasteiger partial charge in [-0.15, -0.1) is 0 Å². The molecule has 0 aliphatic heterocycles. The van der Waals surface area contributed by atoms with Crippen LogP contribution in [0.15, 0.2) is 0 Å². The number of carbonyl (C=O) groups excluding carboxylic acids is 3. The molecular formula is C26H49N2NaO8. The predicted molar refractivity (Wildman–Crippen MR) is 135 cm³/mol. The van der Waals surface area contributed by atoms with Crippen molar-refractivity contribution in [3.05, 3.63) is 0 Å². The summed E-state index contributed by atoms with van der Waals surface area (Å²) < 4.78 is 21.5. The molecule has 0 aliphatic carbocycles. The second kappa shape index (κ2) is 29.8. The minimum Gasteiger partial charge on any atom is -0.548 e. The van der Waals surface area contributed by atoms with Crippen LogP contribution in [0.5, 0.6) is 0 Å². The first-order valence-corrected chi connectivity index (χ1v) is 13.5. The number of hydrogen-bond donors (Lipinski definition) is 2. The van der Waals surface area contributed by atoms with Gasteiger partial charge in [-0.1, -0.05) is 58.3 Å². The quantitative estimate of drug-likeness (QED) is 0.0974. The van der Waals surface area contributed by atoms with Crippen LogP contribution in [0.2, 0.25) is 0 Å². The Morgan fingerprint density at radius 1 is 0.649 bits per heavy atom. The standard InChI is InChI=1S/C26H50N2O8.Na/c1-3-4-5-6-7-8-9-10-11-12-24(29)27-14-16-34-18-20-36-22-21-35-19-17-33-15-13-25(30)28-23(2)26(31)32;/h23H,3-22H2,1-2H3,(H,27,29)(H,28,30)(H,31,32);/q;+1/p-1/t23-;/m0./s1. The van der Waals surface area contributed by atoms with Gasteiger partial charge in [0, 0.05) is 19.4 Å². The van der Waals surface area contributed by atoms with Gasteiger partial charge in [-0.2, -0.15) is 0 Å². The first-order chi connectivity index (χ1) is 17.5. The second-order valence-electron chi connectivity index (χ2n) is 8.74. The average molecular weight is 541 g/mol. The summed E-state index contributed by atoms with van der Waals surface area (Å²) in [4.78, 5) is 33.8. The van der Waals surface area contributed by atoms with Gasteiger partial charge in [-0.05, 0) is 13.3 Å². The third-order valence-corrected chi connectivity index (χ3v) is 5.40. The van der Waals surface area contributed by atoms with E-state index in [0.29, 0.717) is 59.2 Å². The van der Waals surface area contributed by atoms with Gasteiger partial charge in [0.2, 0.25) is 11.8 Å². The Bertz CT molecular complexity index is 555. The van der Waals surface area contributed by atoms with Crippen molar-refractivity contribution >= 4 is 17.8 Å². The van der Waals surface area contributed by atoms with Crippen molar-refractivity contribution in [2.24, 2.45) is 0 Å². The average Bonchev–Trinajstić information content (AvgIpc) is 2.85. The summed E-state index contributed by atoms with van der Waals surface area (Å²) in [5.41, 5.74) is 0. The molecule has 10 nitrogen and oxygen atoms in total. The first kappa shape index (κ1) is 38.4. The van der Waals surface area contributed by atoms with Crippen LogP contribution in [0.1, 0.15) is 84.5 Å². The van der Waals surface area contributed by atoms with E-state index in [1.165, 1.54) is 51.9 Å². The predicted octanol–water partition coefficient (Wildman–Crippen LogP) is -1.26. The maximum absolute atomic E-state index is 11.8. The van der Waals surface area contributed by atoms with Gasteiger partial charge in [0.1, 0.15) is 0 Å². The van der Waals surface area contributed by atoms with Gasteiger partial charge in [0.25, 0.3) is 0 Å². The third-order valence-electron chi connectivity index (χ3n) is 5.40. The van der Waals surface area contributed by atoms with Crippen molar-refractivity contribution in [3.63, 3.8) is 0 Å². The molecule has 0 spiro atoms. The molecule has 11 heteroatoms. The van der Waals surface area contributed by atoms with E-state index in [4.69, 9.17) is 18.9 Å². The molecule has 2 amide bonds. The summed E-state index contributed by atoms with van der Waals surface area (Å²) in [6, 6.07) is -1.02. The van der Waals surface area contributed by atoms with Gasteiger partial charge in [0.05, 0.1) is 64.9 Å². The summed E-state index contributed by atoms with van der Waals surface area (Å²) in [7, 11) is 0. The fourth-order valence-corrected chi connectivity index (χ4v) is 3.25. The summed E-state index contributed by atoms with van der Waals surface area (Å²) in [5, 5.41) is 15.7. The van der Waals surface area contributed by atoms with Crippen LogP contribution in [-0.2, 0) is 33.3 Å². The number of hydrogen-bond acceptors (Lipinski definition) is 8. The number of carboxylic acids is 1. The van der Waals surface area contributed by atoms with Crippen LogP contribution >= 0.6 is 0 Å². The minimum absolute atomic E-state index is 0. The maximum atomic E-state index is 11.8. The summed E-state index contributed by atoms with van der Waals surface area (Å²) >= 11 is 0. The Morgan fingerprint density at radius 2 is 1.11 bits per heavy atom. The molecular weight excluding hydrogens is 491 g/mol. The van der Waals surface area contributed by atoms with Crippen LogP contribution < -0.4 is 45.3 Å². The molecule has 0 aromatic rings. The van der Waals surface area contributed by atoms with E-state index in [1.54, 1.807) is 0 Å². The number of ether oxygens (including phenoxy) is 4. The molecule has 1 atom stereocenters. The van der Waals surface area contributed by atoms with Gasteiger partial charge < -0.3 is 39.5 Å². The van der Waals surface area contributed by atoms with E-state index in [2.05, 4.69) is 17.6 Å². The number of nitrogens with one attached hydrogen (secondary N) is 2. The zero-order valence-corrected chi connectivity index (χ0v) is 25.5. The molecule has 37 heavy (non-hydrogen) atoms. The molecule has 0 aliphatic rings. The number of aliphatic carboxylic acids is 1. The molecule has 0 rings (SSSR count). The van der Waals surface area contributed by atoms with E-state index < -0.39 is 17.9 Å². The summed E-state index contributed by atoms with van der Waals surface area (Å²) in [6.07, 6.45) is 11.9. The van der Waals surface area contributed by atoms with Crippen LogP contribution in [0.4, 0.5) is 0 Å². The SMILES string of the molecule is CCCCCCCCCCCC(=O)NCCOCCOCCOCCOCCC(=O)N[C@@H](C)C(=O)[O-].[Na+]. The fourth-order valence-electron chi connectivity index (χ4n) is 3.25. The molecule has 212 valence electrons. The van der Waals surface area contributed by atoms with Gasteiger partial charge in [-0.25, -0.2) is 0 Å². The van der Waals surface area contributed by atoms with Crippen molar-refractivity contribution in [3.8, 4) is 0 Å². The molecule has 0 bridgehead atoms. The van der Waals surface area contributed by atoms with E-state index >= 15 is 0 Å². The fraction of sp³-hybridized carbons (Fsp3) is 0.885. The van der Waals surface area contributed by atoms with Crippen LogP contribution in [0.25, 0.3) is 0 Å². The smallest absolute Gasteiger partial charge is 0.548 e. The maximum Gasteiger partial charge on any atom is 1.00 e. The van der Waals surface area contributed by atoms with Gasteiger partial charge in [-0.3, -0.25) is 9.59 Å². The van der Waals surface area contributed by atoms with Crippen LogP contribution in [0, 0.1) is 0 Å². The van der Waals surface area contributed by atoms with E-state index in [0.717, 1.165) is 12.8 Å². The Balaban J connectivity index is 0. The van der Waals surface area contributed by atoms with E-state index in [-0.39, 0.29) is 48.5 Å². The molecule has 0 saturated carbocycles. The van der Waals surface area contributed by atoms with Crippen LogP contribution in [0.3, 0.4) is 0 Å². The van der Waals surface area contributed by atoms with Gasteiger partial charge >= 0.3 is 29.6 Å². The number of amides is 2. The second-order valence-corrected chi connectivity index (χ2v) is 8.74. The molecule has 0 radical (unpaired) electrons. The minimum atomic E-state index is -1.32. The third kappa shape index (κ3) is 29.7. The van der Waals surface area contributed by atoms with Gasteiger partial charge in [0.15, 0.2) is 0 Å². The number of carboxylic acid groups (broad SMARTS) is 1. The Morgan fingerprint density at radius 3 is 1.62 bits per heavy atom. The topological polar surface area (TPSA) is 135 Å². The zero-order chi connectivity index (χ0) is 26.7. The summed E-state index contributed by atoms with van der Waals surface area (Å²) in [6.45, 7) is 7.19. The van der Waals surface area contributed by atoms with E-state index in [9.17, 15) is 19.5 Å². The molecule has 0 unspecified atom stereocenters. The number of carbonyl (C=O) groups is 3. The Labute approximate surface area is 245 Å². The van der Waals surface area contributed by atoms with Crippen molar-refractivity contribution in [1.29, 1.82) is 0 Å². The van der Waals surface area contributed by atoms with Crippen molar-refractivity contribution in [2.45, 2.75) is 90.5 Å². The molecule has 0 aromatic carbocycles. The molecule has 0 fully saturated rings. The molecule has 0 heterocycles. The monoisotopic (exact) mass is 540 g/mol. The van der Waals surface area contributed by atoms with Crippen molar-refractivity contribution in [2.75, 3.05) is 59.4 Å². The largest absolute Gasteiger partial charge is 1.00 e. The normalized spacial score (nSPS) is 11.5. The van der Waals surface area contributed by atoms with Crippen molar-refractivity contribution in [1.82, 2.24) is 10.6 Å². The Hall–Kier alpha value is -0.750. The van der Waals surface area contributed by atoms with Crippen LogP contribution in [-0.4, -0.2) is 83.2 Å². The van der Waals surface area contributed by atoms with E-state index in [1.807, 2.05) is 0 Å². The van der Waals surface area contributed by atoms with Crippen molar-refractivity contribution < 1.29 is 68.0 Å².